The minimum absolute atomic E-state index is 0. The Kier molecular flexibility index (Phi) is 6.16. The minimum Gasteiger partial charge on any atom is -0.406 e. The van der Waals surface area contributed by atoms with E-state index in [9.17, 15) is 13.2 Å². The van der Waals surface area contributed by atoms with Crippen molar-refractivity contribution in [1.29, 1.82) is 0 Å². The van der Waals surface area contributed by atoms with Crippen LogP contribution in [0.4, 0.5) is 24.5 Å². The Morgan fingerprint density at radius 1 is 1.06 bits per heavy atom. The number of aromatic nitrogens is 4. The molecule has 1 fully saturated rings. The Morgan fingerprint density at radius 3 is 2.55 bits per heavy atom. The summed E-state index contributed by atoms with van der Waals surface area (Å²) >= 11 is 0. The Morgan fingerprint density at radius 2 is 1.85 bits per heavy atom. The molecule has 0 spiro atoms. The van der Waals surface area contributed by atoms with Gasteiger partial charge in [0.05, 0.1) is 29.1 Å². The van der Waals surface area contributed by atoms with E-state index in [-0.39, 0.29) is 18.2 Å². The molecule has 1 aliphatic carbocycles. The number of hydrogen-bond donors (Lipinski definition) is 0. The second kappa shape index (κ2) is 8.90. The summed E-state index contributed by atoms with van der Waals surface area (Å²) < 4.78 is 44.0. The summed E-state index contributed by atoms with van der Waals surface area (Å²) in [5.74, 6) is 0.265. The normalized spacial score (nSPS) is 13.6. The maximum absolute atomic E-state index is 12.7. The highest BCUT2D eigenvalue weighted by atomic mass is 35.5. The zero-order chi connectivity index (χ0) is 22.3. The van der Waals surface area contributed by atoms with Crippen LogP contribution in [0.25, 0.3) is 22.3 Å². The Labute approximate surface area is 194 Å². The lowest BCUT2D eigenvalue weighted by molar-refractivity contribution is -0.274. The van der Waals surface area contributed by atoms with Crippen molar-refractivity contribution in [2.45, 2.75) is 19.2 Å². The molecule has 1 aliphatic rings. The third-order valence-electron chi connectivity index (χ3n) is 5.34. The minimum atomic E-state index is -4.73. The number of alkyl halides is 3. The lowest BCUT2D eigenvalue weighted by Crippen LogP contribution is -2.21. The summed E-state index contributed by atoms with van der Waals surface area (Å²) in [4.78, 5) is 11.3. The van der Waals surface area contributed by atoms with Crippen LogP contribution in [-0.2, 0) is 7.05 Å². The van der Waals surface area contributed by atoms with Crippen LogP contribution < -0.4 is 9.64 Å². The molecule has 10 heteroatoms. The molecule has 2 aromatic heterocycles. The summed E-state index contributed by atoms with van der Waals surface area (Å²) in [7, 11) is 1.84. The topological polar surface area (TPSA) is 56.1 Å². The number of rotatable bonds is 6. The van der Waals surface area contributed by atoms with Gasteiger partial charge in [0.15, 0.2) is 0 Å². The van der Waals surface area contributed by atoms with Gasteiger partial charge in [-0.05, 0) is 49.1 Å². The third-order valence-corrected chi connectivity index (χ3v) is 5.34. The van der Waals surface area contributed by atoms with Crippen LogP contribution in [-0.4, -0.2) is 32.7 Å². The van der Waals surface area contributed by atoms with Gasteiger partial charge in [-0.1, -0.05) is 6.07 Å². The standard InChI is InChI=1S/C23H20F3N5O.ClH/c1-30-14-16(11-28-30)22-12-27-20-8-7-18(10-21(20)29-22)31(13-15-5-6-15)17-3-2-4-19(9-17)32-23(24,25)26;/h2-4,7-12,14-15H,5-6,13H2,1H3;1H. The van der Waals surface area contributed by atoms with Gasteiger partial charge in [0.1, 0.15) is 5.75 Å². The maximum Gasteiger partial charge on any atom is 0.573 e. The van der Waals surface area contributed by atoms with Crippen LogP contribution in [0, 0.1) is 5.92 Å². The van der Waals surface area contributed by atoms with Gasteiger partial charge in [-0.3, -0.25) is 9.67 Å². The van der Waals surface area contributed by atoms with Crippen molar-refractivity contribution in [3.63, 3.8) is 0 Å². The first-order valence-electron chi connectivity index (χ1n) is 10.2. The molecular weight excluding hydrogens is 455 g/mol. The fourth-order valence-corrected chi connectivity index (χ4v) is 3.63. The van der Waals surface area contributed by atoms with Crippen molar-refractivity contribution in [1.82, 2.24) is 19.7 Å². The summed E-state index contributed by atoms with van der Waals surface area (Å²) in [5.41, 5.74) is 4.48. The molecule has 6 nitrogen and oxygen atoms in total. The second-order valence-electron chi connectivity index (χ2n) is 7.93. The predicted octanol–water partition coefficient (Wildman–Crippen LogP) is 5.90. The number of nitrogens with zero attached hydrogens (tertiary/aromatic N) is 5. The number of aryl methyl sites for hydroxylation is 1. The van der Waals surface area contributed by atoms with E-state index in [2.05, 4.69) is 14.8 Å². The molecule has 4 aromatic rings. The second-order valence-corrected chi connectivity index (χ2v) is 7.93. The summed E-state index contributed by atoms with van der Waals surface area (Å²) in [6.07, 6.45) is 2.78. The molecule has 0 radical (unpaired) electrons. The van der Waals surface area contributed by atoms with Crippen molar-refractivity contribution in [2.75, 3.05) is 11.4 Å². The molecule has 172 valence electrons. The monoisotopic (exact) mass is 475 g/mol. The summed E-state index contributed by atoms with van der Waals surface area (Å²) in [6.45, 7) is 0.705. The summed E-state index contributed by atoms with van der Waals surface area (Å²) in [6, 6.07) is 11.8. The zero-order valence-electron chi connectivity index (χ0n) is 17.7. The van der Waals surface area contributed by atoms with Gasteiger partial charge >= 0.3 is 6.36 Å². The van der Waals surface area contributed by atoms with E-state index >= 15 is 0 Å². The maximum atomic E-state index is 12.7. The van der Waals surface area contributed by atoms with Crippen LogP contribution in [0.2, 0.25) is 0 Å². The van der Waals surface area contributed by atoms with Gasteiger partial charge < -0.3 is 9.64 Å². The SMILES string of the molecule is Cl.Cn1cc(-c2cnc3ccc(N(CC4CC4)c4cccc(OC(F)(F)F)c4)cc3n2)cn1. The first-order valence-corrected chi connectivity index (χ1v) is 10.2. The fourth-order valence-electron chi connectivity index (χ4n) is 3.63. The highest BCUT2D eigenvalue weighted by molar-refractivity contribution is 5.85. The third kappa shape index (κ3) is 5.36. The highest BCUT2D eigenvalue weighted by Crippen LogP contribution is 2.37. The van der Waals surface area contributed by atoms with Crippen LogP contribution in [0.5, 0.6) is 5.75 Å². The number of benzene rings is 2. The van der Waals surface area contributed by atoms with Gasteiger partial charge in [-0.25, -0.2) is 4.98 Å². The van der Waals surface area contributed by atoms with Gasteiger partial charge in [0, 0.05) is 42.8 Å². The zero-order valence-corrected chi connectivity index (χ0v) is 18.5. The molecule has 1 saturated carbocycles. The Balaban J connectivity index is 0.00000259. The molecule has 0 aliphatic heterocycles. The lowest BCUT2D eigenvalue weighted by atomic mass is 10.2. The predicted molar refractivity (Wildman–Crippen MR) is 122 cm³/mol. The van der Waals surface area contributed by atoms with Crippen molar-refractivity contribution < 1.29 is 17.9 Å². The molecule has 0 amide bonds. The number of halogens is 4. The molecule has 2 heterocycles. The smallest absolute Gasteiger partial charge is 0.406 e. The molecule has 0 unspecified atom stereocenters. The van der Waals surface area contributed by atoms with E-state index in [1.54, 1.807) is 29.2 Å². The van der Waals surface area contributed by atoms with E-state index in [4.69, 9.17) is 4.98 Å². The number of fused-ring (bicyclic) bond motifs is 1. The van der Waals surface area contributed by atoms with Gasteiger partial charge in [-0.15, -0.1) is 25.6 Å². The lowest BCUT2D eigenvalue weighted by Gasteiger charge is -2.26. The summed E-state index contributed by atoms with van der Waals surface area (Å²) in [5, 5.41) is 4.18. The van der Waals surface area contributed by atoms with E-state index < -0.39 is 6.36 Å². The fraction of sp³-hybridized carbons (Fsp3) is 0.261. The number of ether oxygens (including phenoxy) is 1. The van der Waals surface area contributed by atoms with Crippen LogP contribution >= 0.6 is 12.4 Å². The van der Waals surface area contributed by atoms with E-state index in [0.717, 1.165) is 29.6 Å². The van der Waals surface area contributed by atoms with Crippen molar-refractivity contribution in [3.05, 3.63) is 61.1 Å². The average Bonchev–Trinajstić information content (AvgIpc) is 3.48. The first-order chi connectivity index (χ1) is 15.3. The molecule has 0 atom stereocenters. The average molecular weight is 476 g/mol. The molecule has 5 rings (SSSR count). The number of hydrogen-bond acceptors (Lipinski definition) is 5. The van der Waals surface area contributed by atoms with Crippen molar-refractivity contribution in [3.8, 4) is 17.0 Å². The molecular formula is C23H21ClF3N5O. The molecule has 33 heavy (non-hydrogen) atoms. The molecule has 2 aromatic carbocycles. The Hall–Kier alpha value is -3.33. The van der Waals surface area contributed by atoms with Crippen LogP contribution in [0.1, 0.15) is 12.8 Å². The van der Waals surface area contributed by atoms with Crippen molar-refractivity contribution in [2.24, 2.45) is 13.0 Å². The van der Waals surface area contributed by atoms with E-state index in [1.807, 2.05) is 36.3 Å². The van der Waals surface area contributed by atoms with Crippen LogP contribution in [0.15, 0.2) is 61.1 Å². The molecule has 0 saturated heterocycles. The molecule has 0 N–H and O–H groups in total. The van der Waals surface area contributed by atoms with E-state index in [1.165, 1.54) is 12.1 Å². The first kappa shape index (κ1) is 22.8. The highest BCUT2D eigenvalue weighted by Gasteiger charge is 2.31. The Bertz CT molecular complexity index is 1270. The van der Waals surface area contributed by atoms with Gasteiger partial charge in [0.2, 0.25) is 0 Å². The van der Waals surface area contributed by atoms with E-state index in [0.29, 0.717) is 29.4 Å². The van der Waals surface area contributed by atoms with Crippen LogP contribution in [0.3, 0.4) is 0 Å². The van der Waals surface area contributed by atoms with Gasteiger partial charge in [-0.2, -0.15) is 5.10 Å². The quantitative estimate of drug-likeness (QED) is 0.347. The number of anilines is 2. The molecule has 0 bridgehead atoms. The van der Waals surface area contributed by atoms with Crippen molar-refractivity contribution >= 4 is 34.8 Å². The van der Waals surface area contributed by atoms with Gasteiger partial charge in [0.25, 0.3) is 0 Å². The largest absolute Gasteiger partial charge is 0.573 e.